The maximum atomic E-state index is 11.3. The highest BCUT2D eigenvalue weighted by Crippen LogP contribution is 2.35. The summed E-state index contributed by atoms with van der Waals surface area (Å²) < 4.78 is 2.51. The van der Waals surface area contributed by atoms with Crippen molar-refractivity contribution in [3.63, 3.8) is 0 Å². The molecule has 1 aliphatic carbocycles. The van der Waals surface area contributed by atoms with Crippen LogP contribution in [0.2, 0.25) is 0 Å². The zero-order valence-corrected chi connectivity index (χ0v) is 11.4. The molecule has 1 aliphatic rings. The summed E-state index contributed by atoms with van der Waals surface area (Å²) in [4.78, 5) is 15.9. The molecule has 0 atom stereocenters. The van der Waals surface area contributed by atoms with Crippen LogP contribution in [-0.4, -0.2) is 20.5 Å². The first-order chi connectivity index (χ1) is 8.68. The van der Waals surface area contributed by atoms with Gasteiger partial charge < -0.3 is 5.11 Å². The number of rotatable bonds is 2. The lowest BCUT2D eigenvalue weighted by Crippen LogP contribution is -2.09. The van der Waals surface area contributed by atoms with Crippen molar-refractivity contribution in [1.82, 2.24) is 9.38 Å². The second-order valence-electron chi connectivity index (χ2n) is 4.68. The van der Waals surface area contributed by atoms with Gasteiger partial charge >= 0.3 is 5.97 Å². The van der Waals surface area contributed by atoms with E-state index in [1.165, 1.54) is 12.8 Å². The van der Waals surface area contributed by atoms with Crippen LogP contribution < -0.4 is 0 Å². The third-order valence-corrected chi connectivity index (χ3v) is 4.17. The summed E-state index contributed by atoms with van der Waals surface area (Å²) in [6.07, 6.45) is 4.60. The Balaban J connectivity index is 2.27. The van der Waals surface area contributed by atoms with Gasteiger partial charge in [-0.15, -0.1) is 0 Å². The second kappa shape index (κ2) is 4.39. The number of aromatic nitrogens is 2. The Morgan fingerprint density at radius 3 is 2.78 bits per heavy atom. The first-order valence-electron chi connectivity index (χ1n) is 6.08. The second-order valence-corrected chi connectivity index (χ2v) is 5.43. The molecule has 1 fully saturated rings. The molecule has 0 unspecified atom stereocenters. The third-order valence-electron chi connectivity index (χ3n) is 3.58. The average Bonchev–Trinajstić information content (AvgIpc) is 2.97. The molecule has 94 valence electrons. The van der Waals surface area contributed by atoms with Gasteiger partial charge in [0.1, 0.15) is 16.1 Å². The standard InChI is InChI=1S/C13H13BrN2O2/c14-11-9-6-3-7-10(13(17)18)16(9)12(15-11)8-4-1-2-5-8/h3,6-8H,1-2,4-5H2,(H,17,18). The van der Waals surface area contributed by atoms with E-state index in [0.29, 0.717) is 5.92 Å². The molecule has 4 nitrogen and oxygen atoms in total. The van der Waals surface area contributed by atoms with Gasteiger partial charge in [0, 0.05) is 5.92 Å². The van der Waals surface area contributed by atoms with Crippen molar-refractivity contribution >= 4 is 27.4 Å². The predicted octanol–water partition coefficient (Wildman–Crippen LogP) is 3.45. The molecule has 0 aliphatic heterocycles. The van der Waals surface area contributed by atoms with Gasteiger partial charge in [-0.1, -0.05) is 18.9 Å². The molecule has 18 heavy (non-hydrogen) atoms. The Morgan fingerprint density at radius 2 is 2.11 bits per heavy atom. The number of carboxylic acid groups (broad SMARTS) is 1. The van der Waals surface area contributed by atoms with E-state index < -0.39 is 5.97 Å². The SMILES string of the molecule is O=C(O)c1cccc2c(Br)nc(C3CCCC3)n12. The molecule has 1 saturated carbocycles. The Kier molecular flexibility index (Phi) is 2.86. The van der Waals surface area contributed by atoms with E-state index in [-0.39, 0.29) is 5.69 Å². The van der Waals surface area contributed by atoms with Crippen molar-refractivity contribution in [2.24, 2.45) is 0 Å². The van der Waals surface area contributed by atoms with Gasteiger partial charge in [0.15, 0.2) is 0 Å². The van der Waals surface area contributed by atoms with Crippen LogP contribution in [0, 0.1) is 0 Å². The van der Waals surface area contributed by atoms with Gasteiger partial charge in [-0.25, -0.2) is 9.78 Å². The van der Waals surface area contributed by atoms with Crippen molar-refractivity contribution in [1.29, 1.82) is 0 Å². The molecule has 2 heterocycles. The summed E-state index contributed by atoms with van der Waals surface area (Å²) in [5, 5.41) is 9.30. The lowest BCUT2D eigenvalue weighted by Gasteiger charge is -2.10. The van der Waals surface area contributed by atoms with E-state index in [2.05, 4.69) is 20.9 Å². The fraction of sp³-hybridized carbons (Fsp3) is 0.385. The molecule has 0 spiro atoms. The van der Waals surface area contributed by atoms with E-state index >= 15 is 0 Å². The van der Waals surface area contributed by atoms with Gasteiger partial charge in [-0.3, -0.25) is 4.40 Å². The predicted molar refractivity (Wildman–Crippen MR) is 71.1 cm³/mol. The summed E-state index contributed by atoms with van der Waals surface area (Å²) in [5.74, 6) is 0.349. The minimum atomic E-state index is -0.912. The fourth-order valence-corrected chi connectivity index (χ4v) is 3.24. The molecule has 1 N–H and O–H groups in total. The number of pyridine rings is 1. The van der Waals surface area contributed by atoms with Gasteiger partial charge in [0.2, 0.25) is 0 Å². The van der Waals surface area contributed by atoms with E-state index in [4.69, 9.17) is 0 Å². The Morgan fingerprint density at radius 1 is 1.39 bits per heavy atom. The van der Waals surface area contributed by atoms with Crippen LogP contribution in [0.4, 0.5) is 0 Å². The number of halogens is 1. The molecular weight excluding hydrogens is 296 g/mol. The molecule has 0 amide bonds. The number of hydrogen-bond acceptors (Lipinski definition) is 2. The number of carbonyl (C=O) groups is 1. The van der Waals surface area contributed by atoms with Crippen molar-refractivity contribution in [3.8, 4) is 0 Å². The lowest BCUT2D eigenvalue weighted by molar-refractivity contribution is 0.0688. The number of carboxylic acids is 1. The van der Waals surface area contributed by atoms with Crippen LogP contribution in [0.5, 0.6) is 0 Å². The van der Waals surface area contributed by atoms with E-state index in [1.807, 2.05) is 6.07 Å². The smallest absolute Gasteiger partial charge is 0.352 e. The van der Waals surface area contributed by atoms with Crippen molar-refractivity contribution < 1.29 is 9.90 Å². The van der Waals surface area contributed by atoms with Crippen molar-refractivity contribution in [3.05, 3.63) is 34.3 Å². The monoisotopic (exact) mass is 308 g/mol. The summed E-state index contributed by atoms with van der Waals surface area (Å²) in [6.45, 7) is 0. The van der Waals surface area contributed by atoms with Crippen LogP contribution in [-0.2, 0) is 0 Å². The maximum Gasteiger partial charge on any atom is 0.352 e. The van der Waals surface area contributed by atoms with Gasteiger partial charge in [0.25, 0.3) is 0 Å². The zero-order valence-electron chi connectivity index (χ0n) is 9.77. The number of imidazole rings is 1. The highest BCUT2D eigenvalue weighted by atomic mass is 79.9. The molecule has 5 heteroatoms. The van der Waals surface area contributed by atoms with Gasteiger partial charge in [-0.05, 0) is 40.9 Å². The van der Waals surface area contributed by atoms with Crippen molar-refractivity contribution in [2.75, 3.05) is 0 Å². The number of nitrogens with zero attached hydrogens (tertiary/aromatic N) is 2. The first-order valence-corrected chi connectivity index (χ1v) is 6.88. The van der Waals surface area contributed by atoms with Crippen LogP contribution in [0.25, 0.3) is 5.52 Å². The fourth-order valence-electron chi connectivity index (χ4n) is 2.75. The molecular formula is C13H13BrN2O2. The first kappa shape index (κ1) is 11.7. The minimum Gasteiger partial charge on any atom is -0.477 e. The number of fused-ring (bicyclic) bond motifs is 1. The zero-order chi connectivity index (χ0) is 12.7. The molecule has 2 aromatic heterocycles. The quantitative estimate of drug-likeness (QED) is 0.924. The van der Waals surface area contributed by atoms with Crippen LogP contribution in [0.3, 0.4) is 0 Å². The van der Waals surface area contributed by atoms with Crippen LogP contribution in [0.1, 0.15) is 47.9 Å². The Bertz CT molecular complexity index is 615. The summed E-state index contributed by atoms with van der Waals surface area (Å²) in [6, 6.07) is 5.27. The Labute approximate surface area is 113 Å². The lowest BCUT2D eigenvalue weighted by atomic mass is 10.1. The third kappa shape index (κ3) is 1.73. The molecule has 0 radical (unpaired) electrons. The highest BCUT2D eigenvalue weighted by molar-refractivity contribution is 9.10. The molecule has 3 rings (SSSR count). The summed E-state index contributed by atoms with van der Waals surface area (Å²) in [5.41, 5.74) is 1.12. The van der Waals surface area contributed by atoms with Gasteiger partial charge in [-0.2, -0.15) is 0 Å². The largest absolute Gasteiger partial charge is 0.477 e. The maximum absolute atomic E-state index is 11.3. The van der Waals surface area contributed by atoms with Crippen LogP contribution >= 0.6 is 15.9 Å². The molecule has 0 saturated heterocycles. The van der Waals surface area contributed by atoms with Crippen molar-refractivity contribution in [2.45, 2.75) is 31.6 Å². The molecule has 0 aromatic carbocycles. The molecule has 0 bridgehead atoms. The van der Waals surface area contributed by atoms with E-state index in [1.54, 1.807) is 16.5 Å². The van der Waals surface area contributed by atoms with E-state index in [0.717, 1.165) is 28.8 Å². The highest BCUT2D eigenvalue weighted by Gasteiger charge is 2.25. The number of hydrogen-bond donors (Lipinski definition) is 1. The Hall–Kier alpha value is -1.36. The summed E-state index contributed by atoms with van der Waals surface area (Å²) >= 11 is 3.42. The number of aromatic carboxylic acids is 1. The average molecular weight is 309 g/mol. The summed E-state index contributed by atoms with van der Waals surface area (Å²) in [7, 11) is 0. The van der Waals surface area contributed by atoms with Crippen LogP contribution in [0.15, 0.2) is 22.8 Å². The topological polar surface area (TPSA) is 54.6 Å². The van der Waals surface area contributed by atoms with E-state index in [9.17, 15) is 9.90 Å². The molecule has 2 aromatic rings. The van der Waals surface area contributed by atoms with Gasteiger partial charge in [0.05, 0.1) is 5.52 Å². The normalized spacial score (nSPS) is 16.5. The minimum absolute atomic E-state index is 0.285.